The Morgan fingerprint density at radius 3 is 2.30 bits per heavy atom. The number of thiazole rings is 1. The predicted molar refractivity (Wildman–Crippen MR) is 393 cm³/mol. The molecular formula is C74H94N14O15S2. The van der Waals surface area contributed by atoms with Crippen LogP contribution in [-0.4, -0.2) is 169 Å². The first kappa shape index (κ1) is 77.9. The molecule has 2 aliphatic carbocycles. The lowest BCUT2D eigenvalue weighted by Gasteiger charge is -2.62. The normalized spacial score (nSPS) is 19.6. The van der Waals surface area contributed by atoms with Crippen LogP contribution in [0, 0.1) is 29.1 Å². The standard InChI is InChI=1S/C74H94N14O15S2/c1-8-73(45-88-47(4)53(37-78-88)51-24-25-57(82-62(51)67(95)96)86-32-28-49-15-12-16-52(54(49)38-86)63(92)84-69-81-56-18-14-29-76-66(56)104-69)42-72(7)40-71(5,6)41-74(43-72,44-73)103-35-33-85(34-36-105(99,100)101)70(98)102-39-48-20-22-50(23-21-48)79-64(93)55(17-13-30-77-68(75)97)80-65(94)61(46(2)3)83-58(89)19-10-9-11-31-87-59(90)26-27-60(87)91/h12,14-16,18,20-27,29,37,46,55,61H,8-11,13,17,19,28,30-36,38-45H2,1-7H3,(H,79,93)(H,80,94)(H,83,89)(H,95,96)(H3,75,77,97)(H,81,84,92)(H,99,100,101)/t55-,61?,72?,73?,74?/m0/s1. The van der Waals surface area contributed by atoms with Crippen molar-refractivity contribution >= 4 is 102 Å². The van der Waals surface area contributed by atoms with Gasteiger partial charge < -0.3 is 51.4 Å². The van der Waals surface area contributed by atoms with Gasteiger partial charge in [0, 0.05) is 98.7 Å². The third-order valence-electron chi connectivity index (χ3n) is 20.2. The van der Waals surface area contributed by atoms with Gasteiger partial charge in [-0.2, -0.15) is 13.5 Å². The number of hydrogen-bond donors (Lipinski definition) is 8. The highest BCUT2D eigenvalue weighted by Gasteiger charge is 2.59. The molecule has 105 heavy (non-hydrogen) atoms. The number of fused-ring (bicyclic) bond motifs is 4. The summed E-state index contributed by atoms with van der Waals surface area (Å²) in [6.07, 6.45) is 11.9. The van der Waals surface area contributed by atoms with Crippen molar-refractivity contribution in [1.82, 2.24) is 50.5 Å². The van der Waals surface area contributed by atoms with E-state index in [-0.39, 0.29) is 97.7 Å². The number of amides is 9. The van der Waals surface area contributed by atoms with Crippen LogP contribution in [0.4, 0.5) is 26.2 Å². The van der Waals surface area contributed by atoms with E-state index in [0.29, 0.717) is 107 Å². The highest BCUT2D eigenvalue weighted by Crippen LogP contribution is 2.64. The Kier molecular flexibility index (Phi) is 24.6. The second-order valence-corrected chi connectivity index (χ2v) is 32.2. The Morgan fingerprint density at radius 2 is 1.60 bits per heavy atom. The van der Waals surface area contributed by atoms with Crippen LogP contribution in [0.2, 0.25) is 0 Å². The number of carboxylic acids is 1. The van der Waals surface area contributed by atoms with Crippen LogP contribution in [0.15, 0.2) is 91.3 Å². The van der Waals surface area contributed by atoms with Crippen LogP contribution in [0.5, 0.6) is 0 Å². The van der Waals surface area contributed by atoms with Crippen molar-refractivity contribution in [2.45, 2.75) is 169 Å². The number of carbonyl (C=O) groups excluding carboxylic acids is 8. The zero-order chi connectivity index (χ0) is 75.6. The first-order valence-electron chi connectivity index (χ1n) is 35.5. The number of nitrogens with two attached hydrogens (primary N) is 1. The smallest absolute Gasteiger partial charge is 0.410 e. The number of aromatic nitrogens is 5. The van der Waals surface area contributed by atoms with Gasteiger partial charge in [0.15, 0.2) is 10.8 Å². The highest BCUT2D eigenvalue weighted by atomic mass is 32.2. The number of nitrogens with one attached hydrogen (secondary N) is 5. The molecule has 2 bridgehead atoms. The average molecular weight is 1480 g/mol. The average Bonchev–Trinajstić information content (AvgIpc) is 1.02. The zero-order valence-corrected chi connectivity index (χ0v) is 62.0. The lowest BCUT2D eigenvalue weighted by molar-refractivity contribution is -0.198. The maximum Gasteiger partial charge on any atom is 0.410 e. The van der Waals surface area contributed by atoms with Gasteiger partial charge in [-0.25, -0.2) is 29.3 Å². The van der Waals surface area contributed by atoms with Gasteiger partial charge in [-0.15, -0.1) is 0 Å². The summed E-state index contributed by atoms with van der Waals surface area (Å²) >= 11 is 1.29. The van der Waals surface area contributed by atoms with E-state index in [1.54, 1.807) is 68.7 Å². The number of carboxylic acid groups (broad SMARTS) is 1. The molecule has 6 aromatic rings. The first-order chi connectivity index (χ1) is 49.8. The van der Waals surface area contributed by atoms with Crippen molar-refractivity contribution in [3.05, 3.63) is 125 Å². The summed E-state index contributed by atoms with van der Waals surface area (Å²) in [6.45, 7) is 15.2. The Balaban J connectivity index is 0.761. The summed E-state index contributed by atoms with van der Waals surface area (Å²) in [6, 6.07) is 16.2. The second kappa shape index (κ2) is 33.2. The number of nitrogens with zero attached hydrogens (tertiary/aromatic N) is 8. The molecule has 29 nitrogen and oxygen atoms in total. The molecule has 0 saturated heterocycles. The summed E-state index contributed by atoms with van der Waals surface area (Å²) in [5.41, 5.74) is 9.31. The predicted octanol–water partition coefficient (Wildman–Crippen LogP) is 8.96. The molecular weight excluding hydrogens is 1390 g/mol. The van der Waals surface area contributed by atoms with Gasteiger partial charge in [0.1, 0.15) is 34.9 Å². The Morgan fingerprint density at radius 1 is 0.838 bits per heavy atom. The third-order valence-corrected chi connectivity index (χ3v) is 21.8. The summed E-state index contributed by atoms with van der Waals surface area (Å²) < 4.78 is 49.0. The topological polar surface area (TPSA) is 399 Å². The quantitative estimate of drug-likeness (QED) is 0.0108. The van der Waals surface area contributed by atoms with Crippen LogP contribution in [0.1, 0.15) is 162 Å². The number of primary amides is 1. The molecule has 9 amide bonds. The summed E-state index contributed by atoms with van der Waals surface area (Å²) in [5, 5.41) is 29.9. The van der Waals surface area contributed by atoms with Crippen LogP contribution in [0.25, 0.3) is 21.5 Å². The molecule has 2 aromatic carbocycles. The monoisotopic (exact) mass is 1480 g/mol. The van der Waals surface area contributed by atoms with Gasteiger partial charge in [0.25, 0.3) is 27.8 Å². The molecule has 0 radical (unpaired) electrons. The number of carbonyl (C=O) groups is 9. The molecule has 4 aromatic heterocycles. The number of pyridine rings is 2. The van der Waals surface area contributed by atoms with Gasteiger partial charge in [-0.3, -0.25) is 48.2 Å². The number of hydrogen-bond acceptors (Lipinski definition) is 19. The van der Waals surface area contributed by atoms with Gasteiger partial charge in [0.2, 0.25) is 17.7 Å². The van der Waals surface area contributed by atoms with Crippen molar-refractivity contribution in [1.29, 1.82) is 0 Å². The molecule has 2 aliphatic heterocycles. The number of unbranched alkanes of at least 4 members (excludes halogenated alkanes) is 2. The summed E-state index contributed by atoms with van der Waals surface area (Å²) in [5.74, 6) is -4.60. The van der Waals surface area contributed by atoms with Crippen molar-refractivity contribution in [2.24, 2.45) is 27.9 Å². The number of imide groups is 1. The van der Waals surface area contributed by atoms with Crippen molar-refractivity contribution in [3.8, 4) is 11.1 Å². The number of ether oxygens (including phenoxy) is 2. The fourth-order valence-corrected chi connectivity index (χ4v) is 17.2. The molecule has 6 heterocycles. The Labute approximate surface area is 614 Å². The lowest BCUT2D eigenvalue weighted by Crippen LogP contribution is -2.58. The fraction of sp³-hybridized carbons (Fsp3) is 0.500. The minimum Gasteiger partial charge on any atom is -0.476 e. The summed E-state index contributed by atoms with van der Waals surface area (Å²) in [4.78, 5) is 136. The van der Waals surface area contributed by atoms with Gasteiger partial charge in [0.05, 0.1) is 24.2 Å². The Bertz CT molecular complexity index is 4350. The van der Waals surface area contributed by atoms with Crippen LogP contribution in [-0.2, 0) is 69.7 Å². The molecule has 9 N–H and O–H groups in total. The second-order valence-electron chi connectivity index (χ2n) is 29.6. The van der Waals surface area contributed by atoms with E-state index in [1.165, 1.54) is 28.4 Å². The molecule has 2 saturated carbocycles. The third kappa shape index (κ3) is 20.0. The minimum atomic E-state index is -4.53. The van der Waals surface area contributed by atoms with E-state index < -0.39 is 75.9 Å². The molecule has 10 rings (SSSR count). The fourth-order valence-electron chi connectivity index (χ4n) is 15.9. The first-order valence-corrected chi connectivity index (χ1v) is 38.0. The lowest BCUT2D eigenvalue weighted by atomic mass is 9.47. The molecule has 4 unspecified atom stereocenters. The highest BCUT2D eigenvalue weighted by molar-refractivity contribution is 7.85. The maximum absolute atomic E-state index is 14.0. The van der Waals surface area contributed by atoms with E-state index in [4.69, 9.17) is 25.3 Å². The van der Waals surface area contributed by atoms with Crippen LogP contribution < -0.4 is 37.2 Å². The van der Waals surface area contributed by atoms with Gasteiger partial charge in [-0.1, -0.05) is 83.6 Å². The molecule has 31 heteroatoms. The van der Waals surface area contributed by atoms with E-state index >= 15 is 0 Å². The number of aromatic carboxylic acids is 1. The van der Waals surface area contributed by atoms with Crippen LogP contribution in [0.3, 0.4) is 0 Å². The van der Waals surface area contributed by atoms with Crippen molar-refractivity contribution < 1.29 is 70.7 Å². The molecule has 5 atom stereocenters. The van der Waals surface area contributed by atoms with E-state index in [9.17, 15) is 61.2 Å². The van der Waals surface area contributed by atoms with Crippen molar-refractivity contribution in [3.63, 3.8) is 0 Å². The SMILES string of the molecule is CCC1(Cn2ncc(-c3ccc(N4CCc5cccc(C(=O)Nc6nc7cccnc7s6)c5C4)nc3C(=O)O)c2C)CC2(C)CC(C)(C)CC(OCCN(CCS(=O)(=O)O)C(=O)OCc3ccc(NC(=O)[C@H](CCCNC(N)=O)NC(=O)C(NC(=O)CCCCCN4C(=O)C=CC4=O)C(C)C)cc3)(C2)C1. The van der Waals surface area contributed by atoms with Gasteiger partial charge >= 0.3 is 18.1 Å². The minimum absolute atomic E-state index is 0.000953. The van der Waals surface area contributed by atoms with E-state index in [0.717, 1.165) is 47.4 Å². The van der Waals surface area contributed by atoms with E-state index in [2.05, 4.69) is 64.2 Å². The van der Waals surface area contributed by atoms with E-state index in [1.807, 2.05) is 40.8 Å². The number of urea groups is 1. The van der Waals surface area contributed by atoms with Crippen molar-refractivity contribution in [2.75, 3.05) is 60.6 Å². The Hall–Kier alpha value is -9.72. The zero-order valence-electron chi connectivity index (χ0n) is 60.3. The van der Waals surface area contributed by atoms with Crippen LogP contribution >= 0.6 is 11.3 Å². The molecule has 4 aliphatic rings. The number of benzene rings is 2. The molecule has 0 spiro atoms. The molecule has 562 valence electrons. The summed E-state index contributed by atoms with van der Waals surface area (Å²) in [7, 11) is -4.53. The number of anilines is 3. The maximum atomic E-state index is 14.0. The largest absolute Gasteiger partial charge is 0.476 e. The van der Waals surface area contributed by atoms with Gasteiger partial charge in [-0.05, 0) is 159 Å². The molecule has 2 fully saturated rings. The number of rotatable bonds is 33.